The Morgan fingerprint density at radius 2 is 2.05 bits per heavy atom. The van der Waals surface area contributed by atoms with Gasteiger partial charge in [-0.2, -0.15) is 0 Å². The molecule has 0 bridgehead atoms. The largest absolute Gasteiger partial charge is 0.335 e. The third-order valence-corrected chi connectivity index (χ3v) is 4.66. The van der Waals surface area contributed by atoms with Gasteiger partial charge in [-0.15, -0.1) is 0 Å². The molecular weight excluding hydrogens is 275 g/mol. The second kappa shape index (κ2) is 5.42. The number of nitro benzene ring substituents is 1. The molecule has 1 aromatic rings. The summed E-state index contributed by atoms with van der Waals surface area (Å²) in [5.74, 6) is -0.533. The first kappa shape index (κ1) is 14.0. The molecule has 3 rings (SSSR count). The van der Waals surface area contributed by atoms with Gasteiger partial charge in [0, 0.05) is 18.7 Å². The Balaban J connectivity index is 1.92. The van der Waals surface area contributed by atoms with Crippen LogP contribution in [0.5, 0.6) is 0 Å². The van der Waals surface area contributed by atoms with Gasteiger partial charge in [0.15, 0.2) is 0 Å². The zero-order valence-corrected chi connectivity index (χ0v) is 11.6. The van der Waals surface area contributed by atoms with Crippen molar-refractivity contribution in [3.05, 3.63) is 39.7 Å². The van der Waals surface area contributed by atoms with Gasteiger partial charge in [-0.3, -0.25) is 14.9 Å². The Bertz CT molecular complexity index is 590. The molecule has 0 radical (unpaired) electrons. The summed E-state index contributed by atoms with van der Waals surface area (Å²) in [4.78, 5) is 24.8. The van der Waals surface area contributed by atoms with E-state index in [1.807, 2.05) is 0 Å². The van der Waals surface area contributed by atoms with Crippen molar-refractivity contribution in [3.63, 3.8) is 0 Å². The minimum atomic E-state index is -0.624. The molecule has 6 heteroatoms. The van der Waals surface area contributed by atoms with Crippen molar-refractivity contribution >= 4 is 11.6 Å². The molecule has 0 N–H and O–H groups in total. The van der Waals surface area contributed by atoms with E-state index in [4.69, 9.17) is 0 Å². The molecule has 2 unspecified atom stereocenters. The minimum Gasteiger partial charge on any atom is -0.335 e. The lowest BCUT2D eigenvalue weighted by Crippen LogP contribution is -2.39. The first-order valence-corrected chi connectivity index (χ1v) is 7.33. The van der Waals surface area contributed by atoms with E-state index in [9.17, 15) is 19.3 Å². The Labute approximate surface area is 121 Å². The molecule has 2 atom stereocenters. The van der Waals surface area contributed by atoms with Crippen molar-refractivity contribution in [3.8, 4) is 0 Å². The molecule has 21 heavy (non-hydrogen) atoms. The van der Waals surface area contributed by atoms with E-state index < -0.39 is 16.6 Å². The van der Waals surface area contributed by atoms with Crippen LogP contribution in [0.4, 0.5) is 10.1 Å². The van der Waals surface area contributed by atoms with Crippen LogP contribution in [0.25, 0.3) is 0 Å². The number of rotatable bonds is 2. The third-order valence-electron chi connectivity index (χ3n) is 4.66. The number of halogens is 1. The summed E-state index contributed by atoms with van der Waals surface area (Å²) < 4.78 is 13.4. The lowest BCUT2D eigenvalue weighted by atomic mass is 9.85. The summed E-state index contributed by atoms with van der Waals surface area (Å²) in [6.45, 7) is 0.613. The van der Waals surface area contributed by atoms with E-state index in [1.165, 1.54) is 6.42 Å². The number of amides is 1. The smallest absolute Gasteiger partial charge is 0.282 e. The Hall–Kier alpha value is -1.98. The average molecular weight is 292 g/mol. The highest BCUT2D eigenvalue weighted by molar-refractivity contribution is 5.98. The second-order valence-corrected chi connectivity index (χ2v) is 5.82. The third kappa shape index (κ3) is 2.50. The molecule has 0 spiro atoms. The van der Waals surface area contributed by atoms with Crippen molar-refractivity contribution < 1.29 is 14.1 Å². The number of carbonyl (C=O) groups excluding carboxylic acids is 1. The first-order valence-electron chi connectivity index (χ1n) is 7.33. The summed E-state index contributed by atoms with van der Waals surface area (Å²) in [5.41, 5.74) is -0.452. The van der Waals surface area contributed by atoms with E-state index in [0.29, 0.717) is 12.5 Å². The van der Waals surface area contributed by atoms with Gasteiger partial charge in [-0.05, 0) is 37.3 Å². The maximum Gasteiger partial charge on any atom is 0.282 e. The number of nitrogens with zero attached hydrogens (tertiary/aromatic N) is 2. The fourth-order valence-electron chi connectivity index (χ4n) is 3.65. The van der Waals surface area contributed by atoms with Crippen LogP contribution >= 0.6 is 0 Å². The molecule has 1 saturated carbocycles. The highest BCUT2D eigenvalue weighted by atomic mass is 19.1. The van der Waals surface area contributed by atoms with Crippen molar-refractivity contribution in [2.45, 2.75) is 38.1 Å². The van der Waals surface area contributed by atoms with Gasteiger partial charge < -0.3 is 4.90 Å². The van der Waals surface area contributed by atoms with Gasteiger partial charge in [-0.1, -0.05) is 12.8 Å². The molecule has 2 fully saturated rings. The van der Waals surface area contributed by atoms with Crippen LogP contribution in [-0.4, -0.2) is 28.3 Å². The van der Waals surface area contributed by atoms with E-state index in [2.05, 4.69) is 0 Å². The highest BCUT2D eigenvalue weighted by Gasteiger charge is 2.39. The van der Waals surface area contributed by atoms with E-state index >= 15 is 0 Å². The molecule has 1 saturated heterocycles. The maximum atomic E-state index is 13.4. The van der Waals surface area contributed by atoms with E-state index in [1.54, 1.807) is 4.90 Å². The molecule has 2 aliphatic rings. The van der Waals surface area contributed by atoms with Crippen molar-refractivity contribution in [1.29, 1.82) is 0 Å². The van der Waals surface area contributed by atoms with Gasteiger partial charge in [0.25, 0.3) is 11.6 Å². The molecular formula is C15H17FN2O3. The fourth-order valence-corrected chi connectivity index (χ4v) is 3.65. The van der Waals surface area contributed by atoms with Crippen LogP contribution in [0.2, 0.25) is 0 Å². The number of nitro groups is 1. The van der Waals surface area contributed by atoms with Gasteiger partial charge >= 0.3 is 0 Å². The zero-order valence-electron chi connectivity index (χ0n) is 11.6. The number of hydrogen-bond acceptors (Lipinski definition) is 3. The summed E-state index contributed by atoms with van der Waals surface area (Å²) in [6, 6.07) is 3.23. The number of carbonyl (C=O) groups is 1. The van der Waals surface area contributed by atoms with Crippen LogP contribution < -0.4 is 0 Å². The van der Waals surface area contributed by atoms with Crippen molar-refractivity contribution in [2.24, 2.45) is 5.92 Å². The van der Waals surface area contributed by atoms with Gasteiger partial charge in [0.05, 0.1) is 4.92 Å². The molecule has 1 aliphatic carbocycles. The minimum absolute atomic E-state index is 0.133. The fraction of sp³-hybridized carbons (Fsp3) is 0.533. The second-order valence-electron chi connectivity index (χ2n) is 5.82. The Morgan fingerprint density at radius 1 is 1.29 bits per heavy atom. The van der Waals surface area contributed by atoms with Gasteiger partial charge in [0.1, 0.15) is 11.4 Å². The van der Waals surface area contributed by atoms with Crippen LogP contribution in [0.3, 0.4) is 0 Å². The summed E-state index contributed by atoms with van der Waals surface area (Å²) >= 11 is 0. The molecule has 112 valence electrons. The molecule has 1 aromatic carbocycles. The zero-order chi connectivity index (χ0) is 15.0. The molecule has 0 aromatic heterocycles. The van der Waals surface area contributed by atoms with Crippen LogP contribution in [0, 0.1) is 21.8 Å². The van der Waals surface area contributed by atoms with Crippen molar-refractivity contribution in [2.75, 3.05) is 6.54 Å². The summed E-state index contributed by atoms with van der Waals surface area (Å²) in [6.07, 6.45) is 5.26. The SMILES string of the molecule is O=C(c1cc(F)ccc1[N+](=O)[O-])N1CCC2CCCCC21. The average Bonchev–Trinajstić information content (AvgIpc) is 2.90. The Morgan fingerprint density at radius 3 is 2.81 bits per heavy atom. The molecule has 5 nitrogen and oxygen atoms in total. The van der Waals surface area contributed by atoms with Crippen LogP contribution in [0.15, 0.2) is 18.2 Å². The first-order chi connectivity index (χ1) is 10.1. The molecule has 1 heterocycles. The number of benzene rings is 1. The highest BCUT2D eigenvalue weighted by Crippen LogP contribution is 2.37. The standard InChI is InChI=1S/C15H17FN2O3/c16-11-5-6-14(18(20)21)12(9-11)15(19)17-8-7-10-3-1-2-4-13(10)17/h5-6,9-10,13H,1-4,7-8H2. The lowest BCUT2D eigenvalue weighted by Gasteiger charge is -2.31. The summed E-state index contributed by atoms with van der Waals surface area (Å²) in [7, 11) is 0. The number of fused-ring (bicyclic) bond motifs is 1. The lowest BCUT2D eigenvalue weighted by molar-refractivity contribution is -0.385. The monoisotopic (exact) mass is 292 g/mol. The number of likely N-dealkylation sites (tertiary alicyclic amines) is 1. The van der Waals surface area contributed by atoms with Gasteiger partial charge in [0.2, 0.25) is 0 Å². The molecule has 1 amide bonds. The van der Waals surface area contributed by atoms with Crippen LogP contribution in [-0.2, 0) is 0 Å². The summed E-state index contributed by atoms with van der Waals surface area (Å²) in [5, 5.41) is 11.0. The normalized spacial score (nSPS) is 24.7. The maximum absolute atomic E-state index is 13.4. The quantitative estimate of drug-likeness (QED) is 0.621. The Kier molecular flexibility index (Phi) is 3.61. The molecule has 1 aliphatic heterocycles. The van der Waals surface area contributed by atoms with E-state index in [0.717, 1.165) is 43.9 Å². The van der Waals surface area contributed by atoms with Gasteiger partial charge in [-0.25, -0.2) is 4.39 Å². The predicted octanol–water partition coefficient (Wildman–Crippen LogP) is 3.14. The topological polar surface area (TPSA) is 63.4 Å². The van der Waals surface area contributed by atoms with E-state index in [-0.39, 0.29) is 17.3 Å². The van der Waals surface area contributed by atoms with Crippen LogP contribution in [0.1, 0.15) is 42.5 Å². The van der Waals surface area contributed by atoms with Crippen molar-refractivity contribution in [1.82, 2.24) is 4.90 Å². The number of hydrogen-bond donors (Lipinski definition) is 0. The predicted molar refractivity (Wildman–Crippen MR) is 74.5 cm³/mol.